The summed E-state index contributed by atoms with van der Waals surface area (Å²) in [7, 11) is 0. The van der Waals surface area contributed by atoms with E-state index in [0.29, 0.717) is 12.5 Å². The third kappa shape index (κ3) is 4.60. The third-order valence-corrected chi connectivity index (χ3v) is 3.06. The zero-order valence-corrected chi connectivity index (χ0v) is 12.4. The van der Waals surface area contributed by atoms with Gasteiger partial charge in [0.15, 0.2) is 0 Å². The van der Waals surface area contributed by atoms with Gasteiger partial charge in [0.2, 0.25) is 0 Å². The minimum absolute atomic E-state index is 0.178. The lowest BCUT2D eigenvalue weighted by molar-refractivity contribution is 0.237. The summed E-state index contributed by atoms with van der Waals surface area (Å²) in [6.07, 6.45) is 1.74. The fourth-order valence-corrected chi connectivity index (χ4v) is 2.00. The monoisotopic (exact) mass is 283 g/mol. The molecule has 1 heterocycles. The molecule has 4 heteroatoms. The summed E-state index contributed by atoms with van der Waals surface area (Å²) < 4.78 is 0. The zero-order chi connectivity index (χ0) is 15.1. The SMILES string of the molecule is CC(C)CNC(=O)N[C@@H](c1ccccc1)c1ccccn1. The summed E-state index contributed by atoms with van der Waals surface area (Å²) in [4.78, 5) is 16.4. The Hall–Kier alpha value is -2.36. The third-order valence-electron chi connectivity index (χ3n) is 3.06. The first-order chi connectivity index (χ1) is 10.2. The van der Waals surface area contributed by atoms with Crippen molar-refractivity contribution in [3.8, 4) is 0 Å². The number of nitrogens with zero attached hydrogens (tertiary/aromatic N) is 1. The van der Waals surface area contributed by atoms with E-state index < -0.39 is 0 Å². The predicted molar refractivity (Wildman–Crippen MR) is 83.9 cm³/mol. The zero-order valence-electron chi connectivity index (χ0n) is 12.4. The largest absolute Gasteiger partial charge is 0.338 e. The van der Waals surface area contributed by atoms with Gasteiger partial charge < -0.3 is 10.6 Å². The van der Waals surface area contributed by atoms with Crippen LogP contribution in [0.5, 0.6) is 0 Å². The Balaban J connectivity index is 2.16. The van der Waals surface area contributed by atoms with Gasteiger partial charge in [0.25, 0.3) is 0 Å². The van der Waals surface area contributed by atoms with E-state index in [1.165, 1.54) is 0 Å². The lowest BCUT2D eigenvalue weighted by Crippen LogP contribution is -2.40. The van der Waals surface area contributed by atoms with Crippen LogP contribution in [0.1, 0.15) is 31.1 Å². The van der Waals surface area contributed by atoms with Crippen LogP contribution in [0.4, 0.5) is 4.79 Å². The van der Waals surface area contributed by atoms with E-state index in [1.54, 1.807) is 6.20 Å². The number of hydrogen-bond donors (Lipinski definition) is 2. The highest BCUT2D eigenvalue weighted by atomic mass is 16.2. The fourth-order valence-electron chi connectivity index (χ4n) is 2.00. The number of amides is 2. The molecule has 0 fully saturated rings. The summed E-state index contributed by atoms with van der Waals surface area (Å²) >= 11 is 0. The molecule has 2 amide bonds. The van der Waals surface area contributed by atoms with Gasteiger partial charge in [-0.25, -0.2) is 4.79 Å². The van der Waals surface area contributed by atoms with E-state index in [4.69, 9.17) is 0 Å². The molecule has 0 spiro atoms. The number of nitrogens with one attached hydrogen (secondary N) is 2. The van der Waals surface area contributed by atoms with Gasteiger partial charge in [-0.15, -0.1) is 0 Å². The molecule has 1 atom stereocenters. The van der Waals surface area contributed by atoms with Gasteiger partial charge in [0.05, 0.1) is 11.7 Å². The Morgan fingerprint density at radius 3 is 2.43 bits per heavy atom. The van der Waals surface area contributed by atoms with Crippen molar-refractivity contribution in [1.29, 1.82) is 0 Å². The predicted octanol–water partition coefficient (Wildman–Crippen LogP) is 3.13. The molecule has 0 aliphatic carbocycles. The number of benzene rings is 1. The molecule has 0 saturated carbocycles. The van der Waals surface area contributed by atoms with Crippen molar-refractivity contribution in [2.75, 3.05) is 6.54 Å². The van der Waals surface area contributed by atoms with Crippen molar-refractivity contribution in [3.63, 3.8) is 0 Å². The highest BCUT2D eigenvalue weighted by Crippen LogP contribution is 2.19. The van der Waals surface area contributed by atoms with Crippen molar-refractivity contribution < 1.29 is 4.79 Å². The van der Waals surface area contributed by atoms with Crippen molar-refractivity contribution in [2.24, 2.45) is 5.92 Å². The molecule has 1 aromatic heterocycles. The maximum atomic E-state index is 12.1. The van der Waals surface area contributed by atoms with Crippen LogP contribution in [0.3, 0.4) is 0 Å². The highest BCUT2D eigenvalue weighted by molar-refractivity contribution is 5.74. The molecule has 0 saturated heterocycles. The highest BCUT2D eigenvalue weighted by Gasteiger charge is 2.17. The Morgan fingerprint density at radius 1 is 1.10 bits per heavy atom. The van der Waals surface area contributed by atoms with E-state index in [1.807, 2.05) is 48.5 Å². The molecule has 1 aromatic carbocycles. The first-order valence-electron chi connectivity index (χ1n) is 7.17. The topological polar surface area (TPSA) is 54.0 Å². The van der Waals surface area contributed by atoms with Gasteiger partial charge in [-0.1, -0.05) is 50.2 Å². The van der Waals surface area contributed by atoms with Gasteiger partial charge in [0, 0.05) is 12.7 Å². The average molecular weight is 283 g/mol. The van der Waals surface area contributed by atoms with E-state index in [-0.39, 0.29) is 12.1 Å². The van der Waals surface area contributed by atoms with E-state index in [2.05, 4.69) is 29.5 Å². The smallest absolute Gasteiger partial charge is 0.315 e. The minimum Gasteiger partial charge on any atom is -0.338 e. The molecule has 0 bridgehead atoms. The van der Waals surface area contributed by atoms with Crippen LogP contribution in [-0.4, -0.2) is 17.6 Å². The second kappa shape index (κ2) is 7.43. The van der Waals surface area contributed by atoms with Gasteiger partial charge in [-0.05, 0) is 23.6 Å². The Kier molecular flexibility index (Phi) is 5.32. The molecule has 0 unspecified atom stereocenters. The normalized spacial score (nSPS) is 12.0. The van der Waals surface area contributed by atoms with Crippen molar-refractivity contribution >= 4 is 6.03 Å². The Labute approximate surface area is 125 Å². The number of hydrogen-bond acceptors (Lipinski definition) is 2. The van der Waals surface area contributed by atoms with Crippen molar-refractivity contribution in [2.45, 2.75) is 19.9 Å². The molecule has 21 heavy (non-hydrogen) atoms. The summed E-state index contributed by atoms with van der Waals surface area (Å²) in [5, 5.41) is 5.87. The molecule has 4 nitrogen and oxygen atoms in total. The molecule has 2 N–H and O–H groups in total. The van der Waals surface area contributed by atoms with E-state index in [0.717, 1.165) is 11.3 Å². The van der Waals surface area contributed by atoms with Gasteiger partial charge in [-0.3, -0.25) is 4.98 Å². The Bertz CT molecular complexity index is 515. The first-order valence-corrected chi connectivity index (χ1v) is 7.17. The quantitative estimate of drug-likeness (QED) is 0.885. The van der Waals surface area contributed by atoms with Gasteiger partial charge in [-0.2, -0.15) is 0 Å². The average Bonchev–Trinajstić information content (AvgIpc) is 2.52. The molecule has 2 rings (SSSR count). The molecule has 2 aromatic rings. The van der Waals surface area contributed by atoms with Crippen LogP contribution < -0.4 is 10.6 Å². The summed E-state index contributed by atoms with van der Waals surface area (Å²) in [6, 6.07) is 15.1. The standard InChI is InChI=1S/C17H21N3O/c1-13(2)12-19-17(21)20-16(14-8-4-3-5-9-14)15-10-6-7-11-18-15/h3-11,13,16H,12H2,1-2H3,(H2,19,20,21)/t16-/m0/s1. The van der Waals surface area contributed by atoms with Crippen molar-refractivity contribution in [3.05, 3.63) is 66.0 Å². The number of carbonyl (C=O) groups is 1. The van der Waals surface area contributed by atoms with Crippen LogP contribution in [0, 0.1) is 5.92 Å². The number of pyridine rings is 1. The fraction of sp³-hybridized carbons (Fsp3) is 0.294. The lowest BCUT2D eigenvalue weighted by Gasteiger charge is -2.19. The second-order valence-corrected chi connectivity index (χ2v) is 5.35. The van der Waals surface area contributed by atoms with E-state index >= 15 is 0 Å². The summed E-state index contributed by atoms with van der Waals surface area (Å²) in [6.45, 7) is 4.77. The Morgan fingerprint density at radius 2 is 1.81 bits per heavy atom. The molecular formula is C17H21N3O. The van der Waals surface area contributed by atoms with Crippen molar-refractivity contribution in [1.82, 2.24) is 15.6 Å². The second-order valence-electron chi connectivity index (χ2n) is 5.35. The number of carbonyl (C=O) groups excluding carboxylic acids is 1. The summed E-state index contributed by atoms with van der Waals surface area (Å²) in [5.74, 6) is 0.417. The molecule has 0 radical (unpaired) electrons. The van der Waals surface area contributed by atoms with Crippen LogP contribution >= 0.6 is 0 Å². The minimum atomic E-state index is -0.250. The van der Waals surface area contributed by atoms with Crippen LogP contribution in [-0.2, 0) is 0 Å². The maximum absolute atomic E-state index is 12.1. The van der Waals surface area contributed by atoms with E-state index in [9.17, 15) is 4.79 Å². The van der Waals surface area contributed by atoms with Crippen LogP contribution in [0.15, 0.2) is 54.7 Å². The van der Waals surface area contributed by atoms with Gasteiger partial charge >= 0.3 is 6.03 Å². The van der Waals surface area contributed by atoms with Gasteiger partial charge in [0.1, 0.15) is 0 Å². The molecule has 110 valence electrons. The number of urea groups is 1. The number of aromatic nitrogens is 1. The first kappa shape index (κ1) is 15.0. The summed E-state index contributed by atoms with van der Waals surface area (Å²) in [5.41, 5.74) is 1.83. The molecule has 0 aliphatic rings. The number of rotatable bonds is 5. The van der Waals surface area contributed by atoms with Crippen LogP contribution in [0.25, 0.3) is 0 Å². The maximum Gasteiger partial charge on any atom is 0.315 e. The molecule has 0 aliphatic heterocycles. The molecular weight excluding hydrogens is 262 g/mol. The lowest BCUT2D eigenvalue weighted by atomic mass is 10.0. The van der Waals surface area contributed by atoms with Crippen LogP contribution in [0.2, 0.25) is 0 Å².